The smallest absolute Gasteiger partial charge is 0.0938 e. The van der Waals surface area contributed by atoms with Gasteiger partial charge >= 0.3 is 0 Å². The van der Waals surface area contributed by atoms with Gasteiger partial charge in [0.05, 0.1) is 6.54 Å². The third-order valence-electron chi connectivity index (χ3n) is 1.67. The van der Waals surface area contributed by atoms with Crippen molar-refractivity contribution < 1.29 is 0 Å². The molecule has 0 atom stereocenters. The monoisotopic (exact) mass is 172 g/mol. The van der Waals surface area contributed by atoms with Crippen LogP contribution in [0, 0.1) is 10.8 Å². The van der Waals surface area contributed by atoms with Gasteiger partial charge in [-0.1, -0.05) is 25.9 Å². The SMILES string of the molecule is CCCN(CCN=O)CC(C)C. The van der Waals surface area contributed by atoms with Gasteiger partial charge in [-0.05, 0) is 18.9 Å². The van der Waals surface area contributed by atoms with Gasteiger partial charge in [-0.3, -0.25) is 0 Å². The molecule has 0 rings (SSSR count). The average Bonchev–Trinajstić information content (AvgIpc) is 2.00. The van der Waals surface area contributed by atoms with Crippen molar-refractivity contribution in [2.45, 2.75) is 27.2 Å². The molecule has 0 radical (unpaired) electrons. The zero-order valence-corrected chi connectivity index (χ0v) is 8.42. The Balaban J connectivity index is 3.61. The number of rotatable bonds is 7. The molecular formula is C9H20N2O. The Morgan fingerprint density at radius 2 is 2.00 bits per heavy atom. The first kappa shape index (κ1) is 11.6. The van der Waals surface area contributed by atoms with E-state index in [0.29, 0.717) is 12.5 Å². The minimum atomic E-state index is 0.423. The number of nitroso groups, excluding NO2 is 1. The first-order valence-corrected chi connectivity index (χ1v) is 4.72. The van der Waals surface area contributed by atoms with Crippen LogP contribution in [0.1, 0.15) is 27.2 Å². The highest BCUT2D eigenvalue weighted by atomic mass is 16.3. The summed E-state index contributed by atoms with van der Waals surface area (Å²) in [7, 11) is 0. The van der Waals surface area contributed by atoms with E-state index in [1.165, 1.54) is 0 Å². The lowest BCUT2D eigenvalue weighted by molar-refractivity contribution is 0.251. The van der Waals surface area contributed by atoms with E-state index < -0.39 is 0 Å². The lowest BCUT2D eigenvalue weighted by Crippen LogP contribution is -2.30. The summed E-state index contributed by atoms with van der Waals surface area (Å²) in [5, 5.41) is 2.87. The fraction of sp³-hybridized carbons (Fsp3) is 1.00. The van der Waals surface area contributed by atoms with Gasteiger partial charge in [-0.25, -0.2) is 0 Å². The lowest BCUT2D eigenvalue weighted by atomic mass is 10.2. The van der Waals surface area contributed by atoms with Crippen molar-refractivity contribution in [1.29, 1.82) is 0 Å². The highest BCUT2D eigenvalue weighted by molar-refractivity contribution is 4.60. The van der Waals surface area contributed by atoms with E-state index in [1.807, 2.05) is 0 Å². The highest BCUT2D eigenvalue weighted by Crippen LogP contribution is 1.99. The fourth-order valence-corrected chi connectivity index (χ4v) is 1.31. The zero-order chi connectivity index (χ0) is 9.40. The van der Waals surface area contributed by atoms with Gasteiger partial charge in [-0.15, -0.1) is 0 Å². The Bertz CT molecular complexity index is 115. The molecule has 0 aliphatic rings. The van der Waals surface area contributed by atoms with Crippen LogP contribution in [-0.4, -0.2) is 31.1 Å². The molecule has 0 spiro atoms. The van der Waals surface area contributed by atoms with Crippen molar-refractivity contribution in [3.63, 3.8) is 0 Å². The van der Waals surface area contributed by atoms with Crippen molar-refractivity contribution in [3.05, 3.63) is 4.91 Å². The molecule has 12 heavy (non-hydrogen) atoms. The predicted molar refractivity (Wildman–Crippen MR) is 52.2 cm³/mol. The van der Waals surface area contributed by atoms with Crippen molar-refractivity contribution in [1.82, 2.24) is 4.90 Å². The van der Waals surface area contributed by atoms with E-state index in [0.717, 1.165) is 26.1 Å². The third kappa shape index (κ3) is 6.28. The minimum absolute atomic E-state index is 0.423. The van der Waals surface area contributed by atoms with Crippen LogP contribution in [0.3, 0.4) is 0 Å². The van der Waals surface area contributed by atoms with Gasteiger partial charge in [0.15, 0.2) is 0 Å². The summed E-state index contributed by atoms with van der Waals surface area (Å²) in [5.74, 6) is 0.670. The molecule has 0 aromatic heterocycles. The van der Waals surface area contributed by atoms with E-state index in [2.05, 4.69) is 30.8 Å². The molecule has 0 aromatic carbocycles. The number of hydrogen-bond acceptors (Lipinski definition) is 3. The van der Waals surface area contributed by atoms with Crippen LogP contribution < -0.4 is 0 Å². The van der Waals surface area contributed by atoms with Crippen molar-refractivity contribution >= 4 is 0 Å². The maximum Gasteiger partial charge on any atom is 0.0938 e. The van der Waals surface area contributed by atoms with E-state index >= 15 is 0 Å². The molecule has 3 heteroatoms. The Morgan fingerprint density at radius 1 is 1.33 bits per heavy atom. The average molecular weight is 172 g/mol. The van der Waals surface area contributed by atoms with E-state index in [9.17, 15) is 4.91 Å². The van der Waals surface area contributed by atoms with E-state index in [4.69, 9.17) is 0 Å². The first-order valence-electron chi connectivity index (χ1n) is 4.72. The summed E-state index contributed by atoms with van der Waals surface area (Å²) in [6.45, 7) is 9.93. The van der Waals surface area contributed by atoms with Crippen LogP contribution in [0.5, 0.6) is 0 Å². The van der Waals surface area contributed by atoms with Gasteiger partial charge in [0.25, 0.3) is 0 Å². The summed E-state index contributed by atoms with van der Waals surface area (Å²) in [5.41, 5.74) is 0. The summed E-state index contributed by atoms with van der Waals surface area (Å²) in [6, 6.07) is 0. The van der Waals surface area contributed by atoms with Crippen LogP contribution >= 0.6 is 0 Å². The second-order valence-electron chi connectivity index (χ2n) is 3.55. The molecule has 0 aliphatic heterocycles. The number of nitrogens with zero attached hydrogens (tertiary/aromatic N) is 2. The Labute approximate surface area is 75.1 Å². The standard InChI is InChI=1S/C9H20N2O/c1-4-6-11(7-5-10-12)8-9(2)3/h9H,4-8H2,1-3H3. The second-order valence-corrected chi connectivity index (χ2v) is 3.55. The molecule has 0 aromatic rings. The van der Waals surface area contributed by atoms with Crippen LogP contribution in [0.4, 0.5) is 0 Å². The molecule has 0 unspecified atom stereocenters. The minimum Gasteiger partial charge on any atom is -0.301 e. The van der Waals surface area contributed by atoms with Gasteiger partial charge in [0, 0.05) is 13.1 Å². The predicted octanol–water partition coefficient (Wildman–Crippen LogP) is 2.12. The molecule has 0 saturated carbocycles. The molecule has 0 fully saturated rings. The van der Waals surface area contributed by atoms with Crippen LogP contribution in [-0.2, 0) is 0 Å². The van der Waals surface area contributed by atoms with Gasteiger partial charge in [0.2, 0.25) is 0 Å². The Kier molecular flexibility index (Phi) is 6.96. The fourth-order valence-electron chi connectivity index (χ4n) is 1.31. The van der Waals surface area contributed by atoms with E-state index in [1.54, 1.807) is 0 Å². The summed E-state index contributed by atoms with van der Waals surface area (Å²) in [6.07, 6.45) is 1.14. The Morgan fingerprint density at radius 3 is 2.42 bits per heavy atom. The molecule has 3 nitrogen and oxygen atoms in total. The maximum absolute atomic E-state index is 9.92. The molecule has 0 N–H and O–H groups in total. The molecule has 0 amide bonds. The van der Waals surface area contributed by atoms with Gasteiger partial charge in [0.1, 0.15) is 0 Å². The summed E-state index contributed by atoms with van der Waals surface area (Å²) < 4.78 is 0. The second kappa shape index (κ2) is 7.22. The van der Waals surface area contributed by atoms with Gasteiger partial charge in [-0.2, -0.15) is 4.91 Å². The first-order chi connectivity index (χ1) is 5.70. The van der Waals surface area contributed by atoms with Crippen molar-refractivity contribution in [2.24, 2.45) is 11.1 Å². The van der Waals surface area contributed by atoms with Crippen molar-refractivity contribution in [3.8, 4) is 0 Å². The molecular weight excluding hydrogens is 152 g/mol. The zero-order valence-electron chi connectivity index (χ0n) is 8.42. The molecule has 0 heterocycles. The van der Waals surface area contributed by atoms with Crippen LogP contribution in [0.15, 0.2) is 5.18 Å². The Hall–Kier alpha value is -0.440. The van der Waals surface area contributed by atoms with E-state index in [-0.39, 0.29) is 0 Å². The molecule has 0 bridgehead atoms. The van der Waals surface area contributed by atoms with Crippen LogP contribution in [0.2, 0.25) is 0 Å². The molecule has 0 aliphatic carbocycles. The topological polar surface area (TPSA) is 32.7 Å². The van der Waals surface area contributed by atoms with Gasteiger partial charge < -0.3 is 4.90 Å². The third-order valence-corrected chi connectivity index (χ3v) is 1.67. The summed E-state index contributed by atoms with van der Waals surface area (Å²) >= 11 is 0. The molecule has 0 saturated heterocycles. The van der Waals surface area contributed by atoms with Crippen molar-refractivity contribution in [2.75, 3.05) is 26.2 Å². The summed E-state index contributed by atoms with van der Waals surface area (Å²) in [4.78, 5) is 12.2. The number of hydrogen-bond donors (Lipinski definition) is 0. The molecule has 72 valence electrons. The normalized spacial score (nSPS) is 11.1. The lowest BCUT2D eigenvalue weighted by Gasteiger charge is -2.21. The highest BCUT2D eigenvalue weighted by Gasteiger charge is 2.05. The maximum atomic E-state index is 9.92. The van der Waals surface area contributed by atoms with Crippen LogP contribution in [0.25, 0.3) is 0 Å². The quantitative estimate of drug-likeness (QED) is 0.551. The largest absolute Gasteiger partial charge is 0.301 e.